The lowest BCUT2D eigenvalue weighted by molar-refractivity contribution is 0.684. The summed E-state index contributed by atoms with van der Waals surface area (Å²) in [6.45, 7) is 9.43. The Bertz CT molecular complexity index is 214. The molecule has 1 aliphatic rings. The molecule has 0 unspecified atom stereocenters. The van der Waals surface area contributed by atoms with Gasteiger partial charge < -0.3 is 11.1 Å². The fourth-order valence-corrected chi connectivity index (χ4v) is 1.15. The number of allylic oxidation sites excluding steroid dienone is 1. The number of nitrogens with one attached hydrogen (secondary N) is 1. The Balaban J connectivity index is 2.68. The SMILES string of the molecule is C=C(N)/C=C1/CCNCC1=C. The Kier molecular flexibility index (Phi) is 2.49. The molecular formula is C9H14N2. The zero-order valence-corrected chi connectivity index (χ0v) is 6.69. The van der Waals surface area contributed by atoms with Gasteiger partial charge in [-0.2, -0.15) is 0 Å². The smallest absolute Gasteiger partial charge is 0.0243 e. The highest BCUT2D eigenvalue weighted by Crippen LogP contribution is 2.15. The van der Waals surface area contributed by atoms with Crippen LogP contribution in [-0.4, -0.2) is 13.1 Å². The van der Waals surface area contributed by atoms with Crippen LogP contribution >= 0.6 is 0 Å². The predicted octanol–water partition coefficient (Wildman–Crippen LogP) is 0.935. The molecule has 1 saturated heterocycles. The van der Waals surface area contributed by atoms with E-state index in [2.05, 4.69) is 18.5 Å². The molecule has 0 saturated carbocycles. The number of hydrogen-bond acceptors (Lipinski definition) is 2. The molecule has 11 heavy (non-hydrogen) atoms. The van der Waals surface area contributed by atoms with Crippen LogP contribution in [0.2, 0.25) is 0 Å². The highest BCUT2D eigenvalue weighted by atomic mass is 14.9. The van der Waals surface area contributed by atoms with E-state index in [4.69, 9.17) is 5.73 Å². The monoisotopic (exact) mass is 150 g/mol. The van der Waals surface area contributed by atoms with Gasteiger partial charge in [0.25, 0.3) is 0 Å². The molecular weight excluding hydrogens is 136 g/mol. The molecule has 0 amide bonds. The maximum absolute atomic E-state index is 5.45. The number of nitrogens with two attached hydrogens (primary N) is 1. The molecule has 1 heterocycles. The summed E-state index contributed by atoms with van der Waals surface area (Å²) in [6.07, 6.45) is 2.91. The molecule has 0 spiro atoms. The van der Waals surface area contributed by atoms with E-state index >= 15 is 0 Å². The molecule has 1 rings (SSSR count). The Morgan fingerprint density at radius 1 is 1.64 bits per heavy atom. The highest BCUT2D eigenvalue weighted by Gasteiger charge is 2.07. The van der Waals surface area contributed by atoms with Crippen LogP contribution in [0, 0.1) is 0 Å². The molecule has 3 N–H and O–H groups in total. The lowest BCUT2D eigenvalue weighted by Crippen LogP contribution is -2.25. The first-order valence-corrected chi connectivity index (χ1v) is 3.74. The lowest BCUT2D eigenvalue weighted by atomic mass is 10.00. The molecule has 0 aliphatic carbocycles. The third kappa shape index (κ3) is 2.24. The summed E-state index contributed by atoms with van der Waals surface area (Å²) in [6, 6.07) is 0. The Labute approximate surface area is 67.5 Å². The first-order valence-electron chi connectivity index (χ1n) is 3.74. The van der Waals surface area contributed by atoms with E-state index in [0.717, 1.165) is 25.1 Å². The lowest BCUT2D eigenvalue weighted by Gasteiger charge is -2.17. The zero-order chi connectivity index (χ0) is 8.27. The van der Waals surface area contributed by atoms with Crippen LogP contribution in [0.5, 0.6) is 0 Å². The topological polar surface area (TPSA) is 38.0 Å². The Morgan fingerprint density at radius 3 is 2.91 bits per heavy atom. The van der Waals surface area contributed by atoms with Crippen LogP contribution in [0.4, 0.5) is 0 Å². The maximum Gasteiger partial charge on any atom is 0.0243 e. The molecule has 0 bridgehead atoms. The number of piperidine rings is 1. The summed E-state index contributed by atoms with van der Waals surface area (Å²) in [5.41, 5.74) is 8.43. The molecule has 2 nitrogen and oxygen atoms in total. The van der Waals surface area contributed by atoms with Gasteiger partial charge in [-0.25, -0.2) is 0 Å². The van der Waals surface area contributed by atoms with Gasteiger partial charge in [-0.15, -0.1) is 0 Å². The summed E-state index contributed by atoms with van der Waals surface area (Å²) in [7, 11) is 0. The molecule has 0 aromatic heterocycles. The van der Waals surface area contributed by atoms with E-state index in [9.17, 15) is 0 Å². The van der Waals surface area contributed by atoms with Crippen LogP contribution in [0.1, 0.15) is 6.42 Å². The minimum atomic E-state index is 0.614. The largest absolute Gasteiger partial charge is 0.399 e. The molecule has 0 radical (unpaired) electrons. The minimum absolute atomic E-state index is 0.614. The molecule has 0 aromatic rings. The first-order chi connectivity index (χ1) is 5.20. The van der Waals surface area contributed by atoms with Crippen LogP contribution in [0.3, 0.4) is 0 Å². The van der Waals surface area contributed by atoms with Gasteiger partial charge in [0.2, 0.25) is 0 Å². The first kappa shape index (κ1) is 8.08. The van der Waals surface area contributed by atoms with Crippen LogP contribution in [-0.2, 0) is 0 Å². The van der Waals surface area contributed by atoms with E-state index < -0.39 is 0 Å². The van der Waals surface area contributed by atoms with Crippen molar-refractivity contribution in [2.75, 3.05) is 13.1 Å². The van der Waals surface area contributed by atoms with Crippen molar-refractivity contribution in [2.45, 2.75) is 6.42 Å². The van der Waals surface area contributed by atoms with Gasteiger partial charge in [0, 0.05) is 12.2 Å². The maximum atomic E-state index is 5.45. The van der Waals surface area contributed by atoms with E-state index in [-0.39, 0.29) is 0 Å². The summed E-state index contributed by atoms with van der Waals surface area (Å²) in [5.74, 6) is 0. The van der Waals surface area contributed by atoms with Crippen LogP contribution < -0.4 is 11.1 Å². The predicted molar refractivity (Wildman–Crippen MR) is 48.0 cm³/mol. The quantitative estimate of drug-likeness (QED) is 0.583. The molecule has 2 heteroatoms. The van der Waals surface area contributed by atoms with Gasteiger partial charge in [-0.05, 0) is 30.2 Å². The van der Waals surface area contributed by atoms with Crippen molar-refractivity contribution in [3.8, 4) is 0 Å². The Morgan fingerprint density at radius 2 is 2.36 bits per heavy atom. The molecule has 0 atom stereocenters. The van der Waals surface area contributed by atoms with Gasteiger partial charge in [0.15, 0.2) is 0 Å². The molecule has 0 aromatic carbocycles. The van der Waals surface area contributed by atoms with E-state index in [1.165, 1.54) is 5.57 Å². The van der Waals surface area contributed by atoms with Crippen molar-refractivity contribution in [1.29, 1.82) is 0 Å². The van der Waals surface area contributed by atoms with Crippen molar-refractivity contribution < 1.29 is 0 Å². The molecule has 1 aliphatic heterocycles. The van der Waals surface area contributed by atoms with Crippen molar-refractivity contribution in [1.82, 2.24) is 5.32 Å². The van der Waals surface area contributed by atoms with Gasteiger partial charge in [-0.3, -0.25) is 0 Å². The number of hydrogen-bond donors (Lipinski definition) is 2. The molecule has 60 valence electrons. The second-order valence-corrected chi connectivity index (χ2v) is 2.77. The van der Waals surface area contributed by atoms with Crippen molar-refractivity contribution >= 4 is 0 Å². The highest BCUT2D eigenvalue weighted by molar-refractivity contribution is 5.36. The van der Waals surface area contributed by atoms with E-state index in [1.807, 2.05) is 6.08 Å². The van der Waals surface area contributed by atoms with Crippen LogP contribution in [0.25, 0.3) is 0 Å². The summed E-state index contributed by atoms with van der Waals surface area (Å²) in [4.78, 5) is 0. The number of rotatable bonds is 1. The second-order valence-electron chi connectivity index (χ2n) is 2.77. The van der Waals surface area contributed by atoms with Crippen molar-refractivity contribution in [2.24, 2.45) is 5.73 Å². The van der Waals surface area contributed by atoms with Crippen molar-refractivity contribution in [3.05, 3.63) is 36.1 Å². The third-order valence-electron chi connectivity index (χ3n) is 1.72. The second kappa shape index (κ2) is 3.39. The fraction of sp³-hybridized carbons (Fsp3) is 0.333. The normalized spacial score (nSPS) is 22.2. The molecule has 1 fully saturated rings. The van der Waals surface area contributed by atoms with Crippen LogP contribution in [0.15, 0.2) is 36.1 Å². The summed E-state index contributed by atoms with van der Waals surface area (Å²) in [5, 5.41) is 3.23. The average molecular weight is 150 g/mol. The van der Waals surface area contributed by atoms with E-state index in [0.29, 0.717) is 5.70 Å². The standard InChI is InChI=1S/C9H14N2/c1-7-6-11-4-3-9(7)5-8(2)10/h5,11H,1-4,6,10H2/b9-5-. The van der Waals surface area contributed by atoms with Gasteiger partial charge in [0.1, 0.15) is 0 Å². The summed E-state index contributed by atoms with van der Waals surface area (Å²) < 4.78 is 0. The van der Waals surface area contributed by atoms with Gasteiger partial charge in [-0.1, -0.05) is 13.2 Å². The minimum Gasteiger partial charge on any atom is -0.399 e. The third-order valence-corrected chi connectivity index (χ3v) is 1.72. The van der Waals surface area contributed by atoms with Crippen molar-refractivity contribution in [3.63, 3.8) is 0 Å². The van der Waals surface area contributed by atoms with Gasteiger partial charge >= 0.3 is 0 Å². The summed E-state index contributed by atoms with van der Waals surface area (Å²) >= 11 is 0. The van der Waals surface area contributed by atoms with E-state index in [1.54, 1.807) is 0 Å². The van der Waals surface area contributed by atoms with Gasteiger partial charge in [0.05, 0.1) is 0 Å². The fourth-order valence-electron chi connectivity index (χ4n) is 1.15. The zero-order valence-electron chi connectivity index (χ0n) is 6.69. The average Bonchev–Trinajstić information content (AvgIpc) is 1.93. The Hall–Kier alpha value is -1.02.